The number of hydrogen-bond acceptors (Lipinski definition) is 5. The first-order chi connectivity index (χ1) is 13.0. The van der Waals surface area contributed by atoms with Gasteiger partial charge >= 0.3 is 0 Å². The van der Waals surface area contributed by atoms with E-state index < -0.39 is 0 Å². The molecule has 0 spiro atoms. The van der Waals surface area contributed by atoms with Crippen LogP contribution in [-0.4, -0.2) is 5.75 Å². The lowest BCUT2D eigenvalue weighted by atomic mass is 10.00. The van der Waals surface area contributed by atoms with Crippen LogP contribution in [-0.2, 0) is 0 Å². The van der Waals surface area contributed by atoms with Crippen molar-refractivity contribution in [3.63, 3.8) is 0 Å². The Kier molecular flexibility index (Phi) is 5.57. The standard InChI is InChI=1S/C22H22N2O2S/c1-5-27-22-14(3)20(25)18-11-13(2)10-17(21(18)26-22)15(4)24-19-9-7-6-8-16(19)12-23/h6-11,15,24H,5H2,1-4H3. The van der Waals surface area contributed by atoms with Gasteiger partial charge in [-0.2, -0.15) is 5.26 Å². The van der Waals surface area contributed by atoms with Crippen molar-refractivity contribution < 1.29 is 4.42 Å². The highest BCUT2D eigenvalue weighted by Gasteiger charge is 2.18. The Bertz CT molecular complexity index is 1100. The minimum Gasteiger partial charge on any atom is -0.449 e. The van der Waals surface area contributed by atoms with Crippen molar-refractivity contribution in [2.75, 3.05) is 11.1 Å². The first-order valence-electron chi connectivity index (χ1n) is 8.92. The van der Waals surface area contributed by atoms with Gasteiger partial charge in [0.1, 0.15) is 11.7 Å². The number of para-hydroxylation sites is 1. The van der Waals surface area contributed by atoms with Crippen molar-refractivity contribution in [3.05, 3.63) is 68.9 Å². The van der Waals surface area contributed by atoms with Gasteiger partial charge in [0.2, 0.25) is 0 Å². The molecule has 1 N–H and O–H groups in total. The van der Waals surface area contributed by atoms with Crippen LogP contribution in [0.3, 0.4) is 0 Å². The highest BCUT2D eigenvalue weighted by molar-refractivity contribution is 7.99. The van der Waals surface area contributed by atoms with E-state index in [9.17, 15) is 10.1 Å². The van der Waals surface area contributed by atoms with Crippen LogP contribution in [0.4, 0.5) is 5.69 Å². The van der Waals surface area contributed by atoms with Gasteiger partial charge in [0.25, 0.3) is 0 Å². The number of anilines is 1. The number of thioether (sulfide) groups is 1. The minimum absolute atomic E-state index is 0.0155. The lowest BCUT2D eigenvalue weighted by Crippen LogP contribution is -2.12. The number of aryl methyl sites for hydroxylation is 1. The molecule has 3 aromatic rings. The summed E-state index contributed by atoms with van der Waals surface area (Å²) in [7, 11) is 0. The molecule has 0 aliphatic rings. The third-order valence-electron chi connectivity index (χ3n) is 4.51. The smallest absolute Gasteiger partial charge is 0.196 e. The molecule has 0 fully saturated rings. The molecule has 1 unspecified atom stereocenters. The number of hydrogen-bond donors (Lipinski definition) is 1. The molecule has 27 heavy (non-hydrogen) atoms. The molecule has 2 aromatic carbocycles. The Morgan fingerprint density at radius 1 is 1.26 bits per heavy atom. The third kappa shape index (κ3) is 3.72. The van der Waals surface area contributed by atoms with Gasteiger partial charge in [0.15, 0.2) is 10.5 Å². The summed E-state index contributed by atoms with van der Waals surface area (Å²) in [6.07, 6.45) is 0. The Labute approximate surface area is 163 Å². The molecule has 0 aliphatic heterocycles. The topological polar surface area (TPSA) is 66.0 Å². The maximum absolute atomic E-state index is 12.9. The number of benzene rings is 2. The normalized spacial score (nSPS) is 12.0. The molecule has 0 radical (unpaired) electrons. The number of nitriles is 1. The number of fused-ring (bicyclic) bond motifs is 1. The van der Waals surface area contributed by atoms with Gasteiger partial charge < -0.3 is 9.73 Å². The highest BCUT2D eigenvalue weighted by atomic mass is 32.2. The largest absolute Gasteiger partial charge is 0.449 e. The van der Waals surface area contributed by atoms with Crippen molar-refractivity contribution in [3.8, 4) is 6.07 Å². The number of nitrogens with one attached hydrogen (secondary N) is 1. The molecule has 0 amide bonds. The average molecular weight is 378 g/mol. The minimum atomic E-state index is -0.132. The van der Waals surface area contributed by atoms with Gasteiger partial charge in [-0.05, 0) is 50.3 Å². The molecule has 0 bridgehead atoms. The summed E-state index contributed by atoms with van der Waals surface area (Å²) in [5, 5.41) is 14.0. The van der Waals surface area contributed by atoms with Crippen LogP contribution in [0.25, 0.3) is 11.0 Å². The fourth-order valence-corrected chi connectivity index (χ4v) is 3.87. The Balaban J connectivity index is 2.15. The van der Waals surface area contributed by atoms with Crippen LogP contribution >= 0.6 is 11.8 Å². The molecule has 3 rings (SSSR count). The fourth-order valence-electron chi connectivity index (χ4n) is 3.16. The molecule has 5 heteroatoms. The van der Waals surface area contributed by atoms with Crippen LogP contribution in [0.15, 0.2) is 50.7 Å². The maximum atomic E-state index is 12.9. The molecule has 4 nitrogen and oxygen atoms in total. The fraction of sp³-hybridized carbons (Fsp3) is 0.273. The monoisotopic (exact) mass is 378 g/mol. The second-order valence-electron chi connectivity index (χ2n) is 6.53. The van der Waals surface area contributed by atoms with E-state index in [1.165, 1.54) is 11.8 Å². The summed E-state index contributed by atoms with van der Waals surface area (Å²) in [6.45, 7) is 7.83. The Hall–Kier alpha value is -2.71. The third-order valence-corrected chi connectivity index (χ3v) is 5.45. The summed E-state index contributed by atoms with van der Waals surface area (Å²) in [5.74, 6) is 0.833. The Morgan fingerprint density at radius 2 is 2.00 bits per heavy atom. The van der Waals surface area contributed by atoms with Crippen molar-refractivity contribution in [1.82, 2.24) is 0 Å². The molecule has 1 aromatic heterocycles. The summed E-state index contributed by atoms with van der Waals surface area (Å²) in [4.78, 5) is 12.9. The summed E-state index contributed by atoms with van der Waals surface area (Å²) in [5.41, 5.74) is 4.54. The van der Waals surface area contributed by atoms with Gasteiger partial charge in [-0.1, -0.05) is 36.9 Å². The van der Waals surface area contributed by atoms with Crippen LogP contribution in [0.5, 0.6) is 0 Å². The van der Waals surface area contributed by atoms with E-state index in [0.717, 1.165) is 22.6 Å². The van der Waals surface area contributed by atoms with Crippen molar-refractivity contribution in [1.29, 1.82) is 5.26 Å². The predicted octanol–water partition coefficient (Wildman–Crippen LogP) is 5.57. The molecule has 0 aliphatic carbocycles. The van der Waals surface area contributed by atoms with Crippen LogP contribution in [0.1, 0.15) is 42.1 Å². The molecular weight excluding hydrogens is 356 g/mol. The van der Waals surface area contributed by atoms with Crippen LogP contribution in [0.2, 0.25) is 0 Å². The molecule has 1 atom stereocenters. The van der Waals surface area contributed by atoms with Gasteiger partial charge in [-0.3, -0.25) is 4.79 Å². The number of nitrogens with zero attached hydrogens (tertiary/aromatic N) is 1. The van der Waals surface area contributed by atoms with E-state index in [-0.39, 0.29) is 11.5 Å². The lowest BCUT2D eigenvalue weighted by molar-refractivity contribution is 0.488. The zero-order chi connectivity index (χ0) is 19.6. The van der Waals surface area contributed by atoms with E-state index >= 15 is 0 Å². The van der Waals surface area contributed by atoms with Gasteiger partial charge in [0, 0.05) is 11.1 Å². The predicted molar refractivity (Wildman–Crippen MR) is 112 cm³/mol. The molecule has 0 saturated heterocycles. The second-order valence-corrected chi connectivity index (χ2v) is 7.77. The molecular formula is C22H22N2O2S. The maximum Gasteiger partial charge on any atom is 0.196 e. The molecule has 1 heterocycles. The molecule has 0 saturated carbocycles. The SMILES string of the molecule is CCSc1oc2c(C(C)Nc3ccccc3C#N)cc(C)cc2c(=O)c1C. The highest BCUT2D eigenvalue weighted by Crippen LogP contribution is 2.32. The van der Waals surface area contributed by atoms with E-state index in [2.05, 4.69) is 11.4 Å². The zero-order valence-electron chi connectivity index (χ0n) is 15.9. The van der Waals surface area contributed by atoms with Gasteiger partial charge in [-0.15, -0.1) is 0 Å². The molecule has 138 valence electrons. The Morgan fingerprint density at radius 3 is 2.70 bits per heavy atom. The zero-order valence-corrected chi connectivity index (χ0v) is 16.7. The van der Waals surface area contributed by atoms with E-state index in [1.54, 1.807) is 6.07 Å². The second kappa shape index (κ2) is 7.89. The van der Waals surface area contributed by atoms with Crippen molar-refractivity contribution >= 4 is 28.4 Å². The van der Waals surface area contributed by atoms with Crippen molar-refractivity contribution in [2.24, 2.45) is 0 Å². The van der Waals surface area contributed by atoms with E-state index in [1.807, 2.05) is 58.0 Å². The first-order valence-corrected chi connectivity index (χ1v) is 9.91. The first kappa shape index (κ1) is 19.1. The average Bonchev–Trinajstić information content (AvgIpc) is 2.66. The van der Waals surface area contributed by atoms with E-state index in [0.29, 0.717) is 27.2 Å². The summed E-state index contributed by atoms with van der Waals surface area (Å²) < 4.78 is 6.17. The van der Waals surface area contributed by atoms with E-state index in [4.69, 9.17) is 4.42 Å². The summed E-state index contributed by atoms with van der Waals surface area (Å²) >= 11 is 1.54. The number of rotatable bonds is 5. The van der Waals surface area contributed by atoms with Crippen LogP contribution < -0.4 is 10.7 Å². The summed E-state index contributed by atoms with van der Waals surface area (Å²) in [6, 6.07) is 13.4. The van der Waals surface area contributed by atoms with Crippen molar-refractivity contribution in [2.45, 2.75) is 38.8 Å². The van der Waals surface area contributed by atoms with Gasteiger partial charge in [-0.25, -0.2) is 0 Å². The van der Waals surface area contributed by atoms with Gasteiger partial charge in [0.05, 0.1) is 22.7 Å². The lowest BCUT2D eigenvalue weighted by Gasteiger charge is -2.19. The van der Waals surface area contributed by atoms with Crippen LogP contribution in [0, 0.1) is 25.2 Å². The quantitative estimate of drug-likeness (QED) is 0.588.